The van der Waals surface area contributed by atoms with Gasteiger partial charge in [0.2, 0.25) is 0 Å². The normalized spacial score (nSPS) is 12.9. The molecule has 1 atom stereocenters. The largest absolute Gasteiger partial charge is 0.382 e. The Morgan fingerprint density at radius 3 is 1.90 bits per heavy atom. The van der Waals surface area contributed by atoms with Crippen LogP contribution in [0, 0.1) is 5.92 Å². The SMILES string of the molecule is CCCCCCCCC(CCCN)C(OCCOC)(OCCOC)c1ccccc1. The van der Waals surface area contributed by atoms with Crippen molar-refractivity contribution in [2.45, 2.75) is 70.5 Å². The summed E-state index contributed by atoms with van der Waals surface area (Å²) in [5.41, 5.74) is 6.95. The molecular weight excluding hydrogens is 378 g/mol. The van der Waals surface area contributed by atoms with Gasteiger partial charge in [-0.25, -0.2) is 0 Å². The molecule has 174 valence electrons. The lowest BCUT2D eigenvalue weighted by Gasteiger charge is -2.41. The number of unbranched alkanes of at least 4 members (excludes halogenated alkanes) is 5. The van der Waals surface area contributed by atoms with Crippen LogP contribution in [0.1, 0.15) is 70.3 Å². The van der Waals surface area contributed by atoms with Crippen molar-refractivity contribution in [3.63, 3.8) is 0 Å². The summed E-state index contributed by atoms with van der Waals surface area (Å²) in [5.74, 6) is -0.583. The van der Waals surface area contributed by atoms with Crippen LogP contribution in [0.2, 0.25) is 0 Å². The van der Waals surface area contributed by atoms with Gasteiger partial charge >= 0.3 is 0 Å². The third-order valence-electron chi connectivity index (χ3n) is 5.58. The zero-order valence-corrected chi connectivity index (χ0v) is 19.6. The molecule has 0 radical (unpaired) electrons. The highest BCUT2D eigenvalue weighted by Crippen LogP contribution is 2.41. The fourth-order valence-corrected chi connectivity index (χ4v) is 3.96. The summed E-state index contributed by atoms with van der Waals surface area (Å²) >= 11 is 0. The van der Waals surface area contributed by atoms with E-state index < -0.39 is 5.79 Å². The van der Waals surface area contributed by atoms with Crippen molar-refractivity contribution in [1.82, 2.24) is 0 Å². The Morgan fingerprint density at radius 2 is 1.33 bits per heavy atom. The highest BCUT2D eigenvalue weighted by atomic mass is 16.7. The fourth-order valence-electron chi connectivity index (χ4n) is 3.96. The number of methoxy groups -OCH3 is 2. The molecule has 5 nitrogen and oxygen atoms in total. The van der Waals surface area contributed by atoms with E-state index in [4.69, 9.17) is 24.7 Å². The molecule has 1 aromatic rings. The number of nitrogens with two attached hydrogens (primary N) is 1. The standard InChI is InChI=1S/C25H45NO4/c1-4-5-6-7-8-10-14-24(17-13-18-26)25(29-21-19-27-2,30-22-20-28-3)23-15-11-9-12-16-23/h9,11-12,15-16,24H,4-8,10,13-14,17-22,26H2,1-3H3. The van der Waals surface area contributed by atoms with Crippen LogP contribution in [-0.4, -0.2) is 47.2 Å². The molecule has 1 unspecified atom stereocenters. The van der Waals surface area contributed by atoms with Gasteiger partial charge in [0.25, 0.3) is 0 Å². The van der Waals surface area contributed by atoms with Crippen molar-refractivity contribution in [3.8, 4) is 0 Å². The van der Waals surface area contributed by atoms with Crippen LogP contribution in [0.5, 0.6) is 0 Å². The Morgan fingerprint density at radius 1 is 0.767 bits per heavy atom. The van der Waals surface area contributed by atoms with E-state index in [1.165, 1.54) is 38.5 Å². The Bertz CT molecular complexity index is 487. The molecule has 1 aromatic carbocycles. The van der Waals surface area contributed by atoms with Crippen molar-refractivity contribution in [2.24, 2.45) is 11.7 Å². The quantitative estimate of drug-likeness (QED) is 0.229. The molecule has 0 aliphatic carbocycles. The van der Waals surface area contributed by atoms with Gasteiger partial charge in [0, 0.05) is 25.7 Å². The topological polar surface area (TPSA) is 62.9 Å². The summed E-state index contributed by atoms with van der Waals surface area (Å²) in [4.78, 5) is 0. The molecule has 2 N–H and O–H groups in total. The predicted molar refractivity (Wildman–Crippen MR) is 124 cm³/mol. The zero-order chi connectivity index (χ0) is 21.9. The number of rotatable bonds is 20. The zero-order valence-electron chi connectivity index (χ0n) is 19.6. The van der Waals surface area contributed by atoms with E-state index in [0.29, 0.717) is 33.0 Å². The molecule has 0 saturated carbocycles. The van der Waals surface area contributed by atoms with E-state index in [1.807, 2.05) is 18.2 Å². The van der Waals surface area contributed by atoms with Gasteiger partial charge in [0.05, 0.1) is 26.4 Å². The first-order valence-corrected chi connectivity index (χ1v) is 11.8. The highest BCUT2D eigenvalue weighted by Gasteiger charge is 2.42. The van der Waals surface area contributed by atoms with E-state index in [9.17, 15) is 0 Å². The van der Waals surface area contributed by atoms with Crippen LogP contribution < -0.4 is 5.73 Å². The number of hydrogen-bond donors (Lipinski definition) is 1. The van der Waals surface area contributed by atoms with Crippen LogP contribution in [0.3, 0.4) is 0 Å². The van der Waals surface area contributed by atoms with Crippen molar-refractivity contribution >= 4 is 0 Å². The molecule has 0 saturated heterocycles. The minimum Gasteiger partial charge on any atom is -0.382 e. The third kappa shape index (κ3) is 9.88. The first-order valence-electron chi connectivity index (χ1n) is 11.8. The maximum atomic E-state index is 6.51. The van der Waals surface area contributed by atoms with Crippen LogP contribution in [-0.2, 0) is 24.7 Å². The molecule has 0 aromatic heterocycles. The van der Waals surface area contributed by atoms with Crippen LogP contribution in [0.4, 0.5) is 0 Å². The smallest absolute Gasteiger partial charge is 0.197 e. The molecule has 0 aliphatic heterocycles. The lowest BCUT2D eigenvalue weighted by atomic mass is 9.83. The van der Waals surface area contributed by atoms with Crippen molar-refractivity contribution in [3.05, 3.63) is 35.9 Å². The molecular formula is C25H45NO4. The molecule has 30 heavy (non-hydrogen) atoms. The molecule has 0 fully saturated rings. The molecule has 0 spiro atoms. The van der Waals surface area contributed by atoms with Crippen LogP contribution in [0.25, 0.3) is 0 Å². The molecule has 0 bridgehead atoms. The monoisotopic (exact) mass is 423 g/mol. The molecule has 1 rings (SSSR count). The Hall–Kier alpha value is -0.980. The minimum absolute atomic E-state index is 0.225. The average molecular weight is 424 g/mol. The van der Waals surface area contributed by atoms with Crippen molar-refractivity contribution < 1.29 is 18.9 Å². The van der Waals surface area contributed by atoms with Gasteiger partial charge in [0.1, 0.15) is 0 Å². The van der Waals surface area contributed by atoms with E-state index in [0.717, 1.165) is 24.8 Å². The van der Waals surface area contributed by atoms with Crippen LogP contribution in [0.15, 0.2) is 30.3 Å². The summed E-state index contributed by atoms with van der Waals surface area (Å²) in [6.07, 6.45) is 10.6. The van der Waals surface area contributed by atoms with Gasteiger partial charge in [-0.15, -0.1) is 0 Å². The average Bonchev–Trinajstić information content (AvgIpc) is 2.78. The number of benzene rings is 1. The fraction of sp³-hybridized carbons (Fsp3) is 0.760. The van der Waals surface area contributed by atoms with Crippen molar-refractivity contribution in [1.29, 1.82) is 0 Å². The second kappa shape index (κ2) is 17.7. The van der Waals surface area contributed by atoms with E-state index in [-0.39, 0.29) is 5.92 Å². The van der Waals surface area contributed by atoms with Gasteiger partial charge in [-0.3, -0.25) is 0 Å². The Balaban J connectivity index is 3.06. The first kappa shape index (κ1) is 27.1. The van der Waals surface area contributed by atoms with Gasteiger partial charge in [-0.1, -0.05) is 75.8 Å². The first-order chi connectivity index (χ1) is 14.7. The summed E-state index contributed by atoms with van der Waals surface area (Å²) < 4.78 is 23.6. The minimum atomic E-state index is -0.809. The summed E-state index contributed by atoms with van der Waals surface area (Å²) in [5, 5.41) is 0. The van der Waals surface area contributed by atoms with E-state index in [2.05, 4.69) is 19.1 Å². The summed E-state index contributed by atoms with van der Waals surface area (Å²) in [6, 6.07) is 10.3. The van der Waals surface area contributed by atoms with Crippen LogP contribution >= 0.6 is 0 Å². The molecule has 0 aliphatic rings. The summed E-state index contributed by atoms with van der Waals surface area (Å²) in [6.45, 7) is 4.95. The van der Waals surface area contributed by atoms with Crippen molar-refractivity contribution in [2.75, 3.05) is 47.2 Å². The third-order valence-corrected chi connectivity index (χ3v) is 5.58. The molecule has 5 heteroatoms. The Kier molecular flexibility index (Phi) is 15.9. The number of ether oxygens (including phenoxy) is 4. The van der Waals surface area contributed by atoms with Gasteiger partial charge in [0.15, 0.2) is 5.79 Å². The van der Waals surface area contributed by atoms with Gasteiger partial charge < -0.3 is 24.7 Å². The maximum absolute atomic E-state index is 6.51. The Labute approximate surface area is 184 Å². The van der Waals surface area contributed by atoms with Gasteiger partial charge in [-0.05, 0) is 25.8 Å². The lowest BCUT2D eigenvalue weighted by molar-refractivity contribution is -0.286. The second-order valence-corrected chi connectivity index (χ2v) is 7.90. The number of hydrogen-bond acceptors (Lipinski definition) is 5. The van der Waals surface area contributed by atoms with E-state index in [1.54, 1.807) is 14.2 Å². The lowest BCUT2D eigenvalue weighted by Crippen LogP contribution is -2.43. The highest BCUT2D eigenvalue weighted by molar-refractivity contribution is 5.21. The van der Waals surface area contributed by atoms with Gasteiger partial charge in [-0.2, -0.15) is 0 Å². The maximum Gasteiger partial charge on any atom is 0.197 e. The molecule has 0 amide bonds. The molecule has 0 heterocycles. The second-order valence-electron chi connectivity index (χ2n) is 7.90. The summed E-state index contributed by atoms with van der Waals surface area (Å²) in [7, 11) is 3.39. The van der Waals surface area contributed by atoms with E-state index >= 15 is 0 Å². The predicted octanol–water partition coefficient (Wildman–Crippen LogP) is 5.27.